The van der Waals surface area contributed by atoms with Crippen molar-refractivity contribution in [1.29, 1.82) is 10.9 Å². The van der Waals surface area contributed by atoms with Crippen LogP contribution in [0.4, 0.5) is 0 Å². The van der Waals surface area contributed by atoms with Gasteiger partial charge in [-0.3, -0.25) is 5.41 Å². The van der Waals surface area contributed by atoms with Gasteiger partial charge >= 0.3 is 0 Å². The highest BCUT2D eigenvalue weighted by Gasteiger charge is 2.05. The highest BCUT2D eigenvalue weighted by molar-refractivity contribution is 5.95. The number of rotatable bonds is 7. The molecule has 0 aliphatic carbocycles. The van der Waals surface area contributed by atoms with Gasteiger partial charge in [-0.15, -0.1) is 0 Å². The minimum atomic E-state index is 0.252. The summed E-state index contributed by atoms with van der Waals surface area (Å²) < 4.78 is 0. The van der Waals surface area contributed by atoms with Gasteiger partial charge < -0.3 is 0 Å². The number of unbranched alkanes of at least 4 members (excludes halogenated alkanes) is 3. The van der Waals surface area contributed by atoms with Crippen molar-refractivity contribution < 1.29 is 0 Å². The van der Waals surface area contributed by atoms with Gasteiger partial charge in [0.2, 0.25) is 0 Å². The molecule has 1 aromatic carbocycles. The third-order valence-corrected chi connectivity index (χ3v) is 3.02. The maximum absolute atomic E-state index is 7.81. The first-order chi connectivity index (χ1) is 8.69. The Balaban J connectivity index is 2.52. The fourth-order valence-electron chi connectivity index (χ4n) is 1.82. The van der Waals surface area contributed by atoms with Gasteiger partial charge in [0.05, 0.1) is 0 Å². The third kappa shape index (κ3) is 4.28. The zero-order chi connectivity index (χ0) is 13.4. The number of nitrogens with one attached hydrogen (secondary N) is 2. The summed E-state index contributed by atoms with van der Waals surface area (Å²) in [5.41, 5.74) is 8.98. The van der Waals surface area contributed by atoms with Crippen LogP contribution < -0.4 is 0 Å². The Morgan fingerprint density at radius 1 is 1.17 bits per heavy atom. The molecule has 0 heterocycles. The molecule has 0 aromatic heterocycles. The maximum Gasteiger partial charge on any atom is 0.149 e. The standard InChI is InChI=1S/C14H22N4/c1-3-4-5-6-7-12-8-10-13(11-9-12)14(15)18(2)17-16/h8-11,15-16H,3-7H2,1-2H3. The van der Waals surface area contributed by atoms with Crippen molar-refractivity contribution in [3.63, 3.8) is 0 Å². The second kappa shape index (κ2) is 7.58. The summed E-state index contributed by atoms with van der Waals surface area (Å²) in [4.78, 5) is 0. The summed E-state index contributed by atoms with van der Waals surface area (Å²) in [5.74, 6) is 0.252. The first kappa shape index (κ1) is 14.4. The smallest absolute Gasteiger partial charge is 0.149 e. The molecular weight excluding hydrogens is 224 g/mol. The second-order valence-electron chi connectivity index (χ2n) is 4.48. The Labute approximate surface area is 109 Å². The van der Waals surface area contributed by atoms with E-state index in [-0.39, 0.29) is 5.84 Å². The van der Waals surface area contributed by atoms with Crippen molar-refractivity contribution >= 4 is 5.84 Å². The summed E-state index contributed by atoms with van der Waals surface area (Å²) in [7, 11) is 1.61. The van der Waals surface area contributed by atoms with Crippen LogP contribution in [0.25, 0.3) is 0 Å². The van der Waals surface area contributed by atoms with E-state index in [2.05, 4.69) is 24.3 Å². The lowest BCUT2D eigenvalue weighted by Gasteiger charge is -2.12. The Hall–Kier alpha value is -1.71. The van der Waals surface area contributed by atoms with E-state index in [0.717, 1.165) is 12.0 Å². The van der Waals surface area contributed by atoms with Gasteiger partial charge in [-0.25, -0.2) is 5.01 Å². The van der Waals surface area contributed by atoms with E-state index < -0.39 is 0 Å². The summed E-state index contributed by atoms with van der Waals surface area (Å²) >= 11 is 0. The first-order valence-corrected chi connectivity index (χ1v) is 6.48. The molecule has 0 spiro atoms. The third-order valence-electron chi connectivity index (χ3n) is 3.02. The predicted octanol–water partition coefficient (Wildman–Crippen LogP) is 4.01. The molecule has 4 heteroatoms. The van der Waals surface area contributed by atoms with Crippen LogP contribution in [0.3, 0.4) is 0 Å². The molecule has 0 unspecified atom stereocenters. The van der Waals surface area contributed by atoms with Crippen molar-refractivity contribution in [1.82, 2.24) is 5.01 Å². The van der Waals surface area contributed by atoms with Crippen LogP contribution in [0.15, 0.2) is 29.5 Å². The molecule has 0 saturated heterocycles. The molecule has 1 rings (SSSR count). The molecule has 0 atom stereocenters. The monoisotopic (exact) mass is 246 g/mol. The Bertz CT molecular complexity index is 383. The van der Waals surface area contributed by atoms with Crippen LogP contribution in [-0.4, -0.2) is 17.9 Å². The van der Waals surface area contributed by atoms with Gasteiger partial charge in [0, 0.05) is 12.6 Å². The molecule has 0 bridgehead atoms. The highest BCUT2D eigenvalue weighted by atomic mass is 15.5. The van der Waals surface area contributed by atoms with Crippen LogP contribution in [0.5, 0.6) is 0 Å². The molecule has 0 radical (unpaired) electrons. The fourth-order valence-corrected chi connectivity index (χ4v) is 1.82. The number of hydrogen-bond acceptors (Lipinski definition) is 3. The molecule has 1 aromatic rings. The van der Waals surface area contributed by atoms with E-state index >= 15 is 0 Å². The zero-order valence-corrected chi connectivity index (χ0v) is 11.2. The SMILES string of the molecule is CCCCCCc1ccc(C(=N)N(C)N=N)cc1. The molecule has 0 saturated carbocycles. The second-order valence-corrected chi connectivity index (χ2v) is 4.48. The van der Waals surface area contributed by atoms with Crippen molar-refractivity contribution in [2.24, 2.45) is 5.22 Å². The average Bonchev–Trinajstić information content (AvgIpc) is 2.42. The normalized spacial score (nSPS) is 10.1. The van der Waals surface area contributed by atoms with Crippen molar-refractivity contribution in [2.75, 3.05) is 7.05 Å². The van der Waals surface area contributed by atoms with Gasteiger partial charge in [-0.1, -0.05) is 55.7 Å². The number of benzene rings is 1. The molecule has 18 heavy (non-hydrogen) atoms. The zero-order valence-electron chi connectivity index (χ0n) is 11.2. The lowest BCUT2D eigenvalue weighted by Crippen LogP contribution is -2.20. The van der Waals surface area contributed by atoms with Crippen LogP contribution in [0.2, 0.25) is 0 Å². The molecule has 0 fully saturated rings. The predicted molar refractivity (Wildman–Crippen MR) is 74.0 cm³/mol. The van der Waals surface area contributed by atoms with Crippen LogP contribution >= 0.6 is 0 Å². The number of amidine groups is 1. The average molecular weight is 246 g/mol. The molecule has 0 aliphatic heterocycles. The van der Waals surface area contributed by atoms with Crippen molar-refractivity contribution in [3.8, 4) is 0 Å². The molecule has 0 aliphatic rings. The highest BCUT2D eigenvalue weighted by Crippen LogP contribution is 2.11. The fraction of sp³-hybridized carbons (Fsp3) is 0.500. The Kier molecular flexibility index (Phi) is 6.05. The van der Waals surface area contributed by atoms with Gasteiger partial charge in [-0.05, 0) is 18.4 Å². The lowest BCUT2D eigenvalue weighted by molar-refractivity contribution is 0.486. The van der Waals surface area contributed by atoms with Crippen molar-refractivity contribution in [2.45, 2.75) is 39.0 Å². The molecule has 2 N–H and O–H groups in total. The molecule has 4 nitrogen and oxygen atoms in total. The topological polar surface area (TPSA) is 63.3 Å². The quantitative estimate of drug-likeness (QED) is 0.246. The summed E-state index contributed by atoms with van der Waals surface area (Å²) in [6, 6.07) is 7.99. The van der Waals surface area contributed by atoms with Gasteiger partial charge in [0.15, 0.2) is 0 Å². The van der Waals surface area contributed by atoms with E-state index in [4.69, 9.17) is 10.9 Å². The van der Waals surface area contributed by atoms with E-state index in [1.54, 1.807) is 7.05 Å². The minimum absolute atomic E-state index is 0.252. The number of hydrogen-bond donors (Lipinski definition) is 2. The van der Waals surface area contributed by atoms with Gasteiger partial charge in [0.25, 0.3) is 0 Å². The van der Waals surface area contributed by atoms with Crippen LogP contribution in [-0.2, 0) is 6.42 Å². The molecule has 0 amide bonds. The summed E-state index contributed by atoms with van der Waals surface area (Å²) in [6.45, 7) is 2.22. The van der Waals surface area contributed by atoms with Crippen LogP contribution in [0, 0.1) is 10.9 Å². The Morgan fingerprint density at radius 2 is 1.83 bits per heavy atom. The Morgan fingerprint density at radius 3 is 2.39 bits per heavy atom. The van der Waals surface area contributed by atoms with Gasteiger partial charge in [-0.2, -0.15) is 5.53 Å². The molecular formula is C14H22N4. The molecule has 98 valence electrons. The van der Waals surface area contributed by atoms with Crippen molar-refractivity contribution in [3.05, 3.63) is 35.4 Å². The van der Waals surface area contributed by atoms with E-state index in [1.807, 2.05) is 12.1 Å². The lowest BCUT2D eigenvalue weighted by atomic mass is 10.0. The van der Waals surface area contributed by atoms with E-state index in [1.165, 1.54) is 36.3 Å². The first-order valence-electron chi connectivity index (χ1n) is 6.48. The van der Waals surface area contributed by atoms with E-state index in [9.17, 15) is 0 Å². The summed E-state index contributed by atoms with van der Waals surface area (Å²) in [6.07, 6.45) is 6.19. The largest absolute Gasteiger partial charge is 0.283 e. The minimum Gasteiger partial charge on any atom is -0.283 e. The van der Waals surface area contributed by atoms with E-state index in [0.29, 0.717) is 0 Å². The maximum atomic E-state index is 7.81. The number of aryl methyl sites for hydroxylation is 1. The van der Waals surface area contributed by atoms with Gasteiger partial charge in [0.1, 0.15) is 5.84 Å². The summed E-state index contributed by atoms with van der Waals surface area (Å²) in [5, 5.41) is 12.3. The van der Waals surface area contributed by atoms with Crippen LogP contribution in [0.1, 0.15) is 43.7 Å². The number of nitrogens with zero attached hydrogens (tertiary/aromatic N) is 2.